The smallest absolute Gasteiger partial charge is 0.123 e. The number of benzene rings is 1. The lowest BCUT2D eigenvalue weighted by Gasteiger charge is -2.32. The molecule has 1 heterocycles. The van der Waals surface area contributed by atoms with Gasteiger partial charge in [0.05, 0.1) is 6.10 Å². The van der Waals surface area contributed by atoms with Crippen LogP contribution in [0.3, 0.4) is 0 Å². The Morgan fingerprint density at radius 1 is 1.37 bits per heavy atom. The average Bonchev–Trinajstić information content (AvgIpc) is 2.42. The second-order valence-electron chi connectivity index (χ2n) is 5.00. The highest BCUT2D eigenvalue weighted by Gasteiger charge is 2.20. The molecule has 0 aliphatic carbocycles. The summed E-state index contributed by atoms with van der Waals surface area (Å²) in [6.45, 7) is 5.83. The van der Waals surface area contributed by atoms with Crippen LogP contribution in [0.15, 0.2) is 24.3 Å². The van der Waals surface area contributed by atoms with Gasteiger partial charge < -0.3 is 10.5 Å². The number of hydrogen-bond donors (Lipinski definition) is 2. The number of piperidine rings is 1. The van der Waals surface area contributed by atoms with Crippen molar-refractivity contribution >= 4 is 5.84 Å². The van der Waals surface area contributed by atoms with E-state index in [1.165, 1.54) is 0 Å². The molecule has 0 bridgehead atoms. The number of likely N-dealkylation sites (tertiary alicyclic amines) is 1. The Kier molecular flexibility index (Phi) is 4.93. The molecule has 1 aliphatic heterocycles. The van der Waals surface area contributed by atoms with E-state index in [0.29, 0.717) is 6.10 Å². The van der Waals surface area contributed by atoms with Crippen LogP contribution in [0.25, 0.3) is 0 Å². The SMILES string of the molecule is CCOC1CCN(Cc2ccccc2C(=N)N)CC1. The highest BCUT2D eigenvalue weighted by molar-refractivity contribution is 5.96. The van der Waals surface area contributed by atoms with Crippen molar-refractivity contribution in [2.75, 3.05) is 19.7 Å². The first kappa shape index (κ1) is 14.0. The van der Waals surface area contributed by atoms with Crippen LogP contribution in [0.4, 0.5) is 0 Å². The first-order chi connectivity index (χ1) is 9.20. The van der Waals surface area contributed by atoms with E-state index >= 15 is 0 Å². The molecule has 1 aliphatic rings. The van der Waals surface area contributed by atoms with Crippen LogP contribution in [0, 0.1) is 5.41 Å². The van der Waals surface area contributed by atoms with E-state index in [0.717, 1.165) is 50.2 Å². The zero-order valence-electron chi connectivity index (χ0n) is 11.6. The number of nitrogens with zero attached hydrogens (tertiary/aromatic N) is 1. The molecule has 3 N–H and O–H groups in total. The van der Waals surface area contributed by atoms with Crippen molar-refractivity contribution in [2.24, 2.45) is 5.73 Å². The van der Waals surface area contributed by atoms with Crippen molar-refractivity contribution in [1.82, 2.24) is 4.90 Å². The van der Waals surface area contributed by atoms with Crippen LogP contribution >= 0.6 is 0 Å². The van der Waals surface area contributed by atoms with Crippen LogP contribution in [0.1, 0.15) is 30.9 Å². The van der Waals surface area contributed by atoms with Crippen molar-refractivity contribution in [3.8, 4) is 0 Å². The third kappa shape index (κ3) is 3.78. The first-order valence-corrected chi connectivity index (χ1v) is 6.97. The number of amidine groups is 1. The molecule has 0 amide bonds. The van der Waals surface area contributed by atoms with Crippen LogP contribution < -0.4 is 5.73 Å². The molecule has 19 heavy (non-hydrogen) atoms. The number of nitrogens with one attached hydrogen (secondary N) is 1. The Balaban J connectivity index is 1.94. The Morgan fingerprint density at radius 2 is 2.05 bits per heavy atom. The topological polar surface area (TPSA) is 62.3 Å². The molecule has 2 rings (SSSR count). The molecule has 0 unspecified atom stereocenters. The summed E-state index contributed by atoms with van der Waals surface area (Å²) in [5.41, 5.74) is 7.63. The molecule has 0 spiro atoms. The van der Waals surface area contributed by atoms with Crippen molar-refractivity contribution in [2.45, 2.75) is 32.4 Å². The van der Waals surface area contributed by atoms with E-state index in [2.05, 4.69) is 17.9 Å². The Morgan fingerprint density at radius 3 is 2.68 bits per heavy atom. The maximum absolute atomic E-state index is 7.62. The van der Waals surface area contributed by atoms with Crippen LogP contribution in [0.5, 0.6) is 0 Å². The first-order valence-electron chi connectivity index (χ1n) is 6.97. The summed E-state index contributed by atoms with van der Waals surface area (Å²) in [6, 6.07) is 7.92. The fourth-order valence-electron chi connectivity index (χ4n) is 2.63. The predicted molar refractivity (Wildman–Crippen MR) is 77.4 cm³/mol. The summed E-state index contributed by atoms with van der Waals surface area (Å²) >= 11 is 0. The van der Waals surface area contributed by atoms with Gasteiger partial charge in [-0.25, -0.2) is 0 Å². The molecule has 1 aromatic carbocycles. The van der Waals surface area contributed by atoms with Gasteiger partial charge in [0.2, 0.25) is 0 Å². The lowest BCUT2D eigenvalue weighted by molar-refractivity contribution is 0.0125. The summed E-state index contributed by atoms with van der Waals surface area (Å²) in [7, 11) is 0. The maximum Gasteiger partial charge on any atom is 0.123 e. The Labute approximate surface area is 115 Å². The summed E-state index contributed by atoms with van der Waals surface area (Å²) in [5, 5.41) is 7.62. The summed E-state index contributed by atoms with van der Waals surface area (Å²) in [4.78, 5) is 2.41. The maximum atomic E-state index is 7.62. The van der Waals surface area contributed by atoms with Crippen molar-refractivity contribution in [3.05, 3.63) is 35.4 Å². The zero-order chi connectivity index (χ0) is 13.7. The van der Waals surface area contributed by atoms with Crippen LogP contribution in [0.2, 0.25) is 0 Å². The number of nitrogen functional groups attached to an aromatic ring is 1. The standard InChI is InChI=1S/C15H23N3O/c1-2-19-13-7-9-18(10-8-13)11-12-5-3-4-6-14(12)15(16)17/h3-6,13H,2,7-11H2,1H3,(H3,16,17). The second kappa shape index (κ2) is 6.68. The van der Waals surface area contributed by atoms with Crippen molar-refractivity contribution in [3.63, 3.8) is 0 Å². The minimum Gasteiger partial charge on any atom is -0.384 e. The third-order valence-corrected chi connectivity index (χ3v) is 3.64. The highest BCUT2D eigenvalue weighted by Crippen LogP contribution is 2.18. The minimum atomic E-state index is 0.153. The molecule has 4 heteroatoms. The van der Waals surface area contributed by atoms with Gasteiger partial charge in [0.1, 0.15) is 5.84 Å². The van der Waals surface area contributed by atoms with E-state index in [4.69, 9.17) is 15.9 Å². The molecule has 1 fully saturated rings. The largest absolute Gasteiger partial charge is 0.384 e. The van der Waals surface area contributed by atoms with Gasteiger partial charge >= 0.3 is 0 Å². The average molecular weight is 261 g/mol. The minimum absolute atomic E-state index is 0.153. The number of rotatable bonds is 5. The monoisotopic (exact) mass is 261 g/mol. The molecule has 0 radical (unpaired) electrons. The van der Waals surface area contributed by atoms with E-state index in [1.807, 2.05) is 18.2 Å². The van der Waals surface area contributed by atoms with Gasteiger partial charge in [-0.1, -0.05) is 24.3 Å². The Bertz CT molecular complexity index is 425. The van der Waals surface area contributed by atoms with E-state index in [1.54, 1.807) is 0 Å². The molecule has 0 atom stereocenters. The molecule has 1 aromatic rings. The summed E-state index contributed by atoms with van der Waals surface area (Å²) in [5.74, 6) is 0.153. The normalized spacial score (nSPS) is 17.5. The van der Waals surface area contributed by atoms with Gasteiger partial charge in [0.25, 0.3) is 0 Å². The Hall–Kier alpha value is -1.39. The van der Waals surface area contributed by atoms with Gasteiger partial charge in [-0.15, -0.1) is 0 Å². The fraction of sp³-hybridized carbons (Fsp3) is 0.533. The number of nitrogens with two attached hydrogens (primary N) is 1. The molecule has 0 aromatic heterocycles. The predicted octanol–water partition coefficient (Wildman–Crippen LogP) is 1.97. The molecule has 4 nitrogen and oxygen atoms in total. The van der Waals surface area contributed by atoms with Crippen LogP contribution in [-0.4, -0.2) is 36.5 Å². The van der Waals surface area contributed by atoms with Crippen molar-refractivity contribution < 1.29 is 4.74 Å². The number of ether oxygens (including phenoxy) is 1. The van der Waals surface area contributed by atoms with Gasteiger partial charge in [0.15, 0.2) is 0 Å². The molecule has 104 valence electrons. The van der Waals surface area contributed by atoms with Gasteiger partial charge in [0, 0.05) is 31.8 Å². The molecular weight excluding hydrogens is 238 g/mol. The van der Waals surface area contributed by atoms with Gasteiger partial charge in [-0.2, -0.15) is 0 Å². The quantitative estimate of drug-likeness (QED) is 0.629. The molecular formula is C15H23N3O. The fourth-order valence-corrected chi connectivity index (χ4v) is 2.63. The van der Waals surface area contributed by atoms with E-state index in [-0.39, 0.29) is 5.84 Å². The molecule has 1 saturated heterocycles. The van der Waals surface area contributed by atoms with E-state index in [9.17, 15) is 0 Å². The zero-order valence-corrected chi connectivity index (χ0v) is 11.6. The highest BCUT2D eigenvalue weighted by atomic mass is 16.5. The summed E-state index contributed by atoms with van der Waals surface area (Å²) < 4.78 is 5.66. The lowest BCUT2D eigenvalue weighted by Crippen LogP contribution is -2.37. The van der Waals surface area contributed by atoms with E-state index < -0.39 is 0 Å². The van der Waals surface area contributed by atoms with Gasteiger partial charge in [-0.3, -0.25) is 10.3 Å². The van der Waals surface area contributed by atoms with Gasteiger partial charge in [-0.05, 0) is 25.3 Å². The lowest BCUT2D eigenvalue weighted by atomic mass is 10.0. The van der Waals surface area contributed by atoms with Crippen molar-refractivity contribution in [1.29, 1.82) is 5.41 Å². The van der Waals surface area contributed by atoms with Crippen LogP contribution in [-0.2, 0) is 11.3 Å². The summed E-state index contributed by atoms with van der Waals surface area (Å²) in [6.07, 6.45) is 2.61. The molecule has 0 saturated carbocycles. The third-order valence-electron chi connectivity index (χ3n) is 3.64. The second-order valence-corrected chi connectivity index (χ2v) is 5.00. The number of hydrogen-bond acceptors (Lipinski definition) is 3.